The highest BCUT2D eigenvalue weighted by Crippen LogP contribution is 2.12. The van der Waals surface area contributed by atoms with E-state index in [1.807, 2.05) is 6.92 Å². The van der Waals surface area contributed by atoms with Crippen molar-refractivity contribution in [3.63, 3.8) is 0 Å². The normalized spacial score (nSPS) is 13.4. The maximum Gasteiger partial charge on any atom is 0.0897 e. The van der Waals surface area contributed by atoms with E-state index >= 15 is 0 Å². The van der Waals surface area contributed by atoms with Gasteiger partial charge >= 0.3 is 0 Å². The van der Waals surface area contributed by atoms with Crippen LogP contribution >= 0.6 is 11.3 Å². The van der Waals surface area contributed by atoms with Crippen LogP contribution in [0, 0.1) is 6.92 Å². The van der Waals surface area contributed by atoms with Gasteiger partial charge in [-0.2, -0.15) is 0 Å². The van der Waals surface area contributed by atoms with E-state index < -0.39 is 0 Å². The quantitative estimate of drug-likeness (QED) is 0.808. The van der Waals surface area contributed by atoms with Gasteiger partial charge in [0.25, 0.3) is 0 Å². The summed E-state index contributed by atoms with van der Waals surface area (Å²) in [6, 6.07) is 0.579. The summed E-state index contributed by atoms with van der Waals surface area (Å²) in [7, 11) is 2.15. The van der Waals surface area contributed by atoms with Crippen molar-refractivity contribution < 1.29 is 0 Å². The summed E-state index contributed by atoms with van der Waals surface area (Å²) in [4.78, 5) is 6.80. The Hall–Kier alpha value is -0.450. The second kappa shape index (κ2) is 6.20. The number of nitrogens with zero attached hydrogens (tertiary/aromatic N) is 2. The molecule has 0 aliphatic carbocycles. The van der Waals surface area contributed by atoms with Gasteiger partial charge in [-0.05, 0) is 40.3 Å². The number of aromatic nitrogens is 1. The van der Waals surface area contributed by atoms with E-state index in [0.717, 1.165) is 30.9 Å². The molecule has 0 saturated carbocycles. The van der Waals surface area contributed by atoms with Crippen LogP contribution < -0.4 is 5.73 Å². The Morgan fingerprint density at radius 3 is 2.87 bits per heavy atom. The van der Waals surface area contributed by atoms with Gasteiger partial charge in [0.1, 0.15) is 0 Å². The predicted molar refractivity (Wildman–Crippen MR) is 66.1 cm³/mol. The van der Waals surface area contributed by atoms with Gasteiger partial charge in [0.15, 0.2) is 0 Å². The minimum absolute atomic E-state index is 0.579. The summed E-state index contributed by atoms with van der Waals surface area (Å²) in [5.41, 5.74) is 6.68. The summed E-state index contributed by atoms with van der Waals surface area (Å²) in [5.74, 6) is 0. The smallest absolute Gasteiger partial charge is 0.0897 e. The molecule has 1 aromatic rings. The van der Waals surface area contributed by atoms with Crippen molar-refractivity contribution >= 4 is 11.3 Å². The molecule has 15 heavy (non-hydrogen) atoms. The maximum absolute atomic E-state index is 5.50. The van der Waals surface area contributed by atoms with Gasteiger partial charge in [-0.15, -0.1) is 11.3 Å². The highest BCUT2D eigenvalue weighted by Gasteiger charge is 2.10. The standard InChI is InChI=1S/C11H21N3S/c1-9(5-4-6-12)14(3)7-11-8-15-10(2)13-11/h8-9H,4-7,12H2,1-3H3. The fourth-order valence-electron chi connectivity index (χ4n) is 1.53. The van der Waals surface area contributed by atoms with Gasteiger partial charge in [-0.25, -0.2) is 4.98 Å². The zero-order valence-corrected chi connectivity index (χ0v) is 10.7. The molecule has 0 saturated heterocycles. The van der Waals surface area contributed by atoms with E-state index in [2.05, 4.69) is 29.2 Å². The molecule has 0 aliphatic rings. The molecule has 86 valence electrons. The van der Waals surface area contributed by atoms with Crippen molar-refractivity contribution in [3.05, 3.63) is 16.1 Å². The highest BCUT2D eigenvalue weighted by atomic mass is 32.1. The summed E-state index contributed by atoms with van der Waals surface area (Å²) < 4.78 is 0. The predicted octanol–water partition coefficient (Wildman–Crippen LogP) is 2.01. The number of nitrogens with two attached hydrogens (primary N) is 1. The lowest BCUT2D eigenvalue weighted by atomic mass is 10.1. The molecular weight excluding hydrogens is 206 g/mol. The minimum Gasteiger partial charge on any atom is -0.330 e. The third kappa shape index (κ3) is 4.28. The van der Waals surface area contributed by atoms with Gasteiger partial charge in [0.05, 0.1) is 10.7 Å². The molecular formula is C11H21N3S. The largest absolute Gasteiger partial charge is 0.330 e. The Balaban J connectivity index is 2.37. The van der Waals surface area contributed by atoms with Gasteiger partial charge in [0, 0.05) is 18.0 Å². The van der Waals surface area contributed by atoms with Gasteiger partial charge in [-0.3, -0.25) is 4.90 Å². The Morgan fingerprint density at radius 1 is 1.60 bits per heavy atom. The number of hydrogen-bond acceptors (Lipinski definition) is 4. The second-order valence-electron chi connectivity index (χ2n) is 4.05. The zero-order chi connectivity index (χ0) is 11.3. The second-order valence-corrected chi connectivity index (χ2v) is 5.12. The topological polar surface area (TPSA) is 42.2 Å². The van der Waals surface area contributed by atoms with Crippen molar-refractivity contribution in [2.24, 2.45) is 5.73 Å². The molecule has 1 unspecified atom stereocenters. The Morgan fingerprint density at radius 2 is 2.33 bits per heavy atom. The van der Waals surface area contributed by atoms with E-state index in [-0.39, 0.29) is 0 Å². The van der Waals surface area contributed by atoms with Crippen LogP contribution in [0.4, 0.5) is 0 Å². The highest BCUT2D eigenvalue weighted by molar-refractivity contribution is 7.09. The first-order valence-corrected chi connectivity index (χ1v) is 6.32. The van der Waals surface area contributed by atoms with E-state index in [4.69, 9.17) is 5.73 Å². The van der Waals surface area contributed by atoms with Crippen LogP contribution in [0.15, 0.2) is 5.38 Å². The third-order valence-electron chi connectivity index (χ3n) is 2.66. The van der Waals surface area contributed by atoms with E-state index in [9.17, 15) is 0 Å². The van der Waals surface area contributed by atoms with Crippen molar-refractivity contribution in [1.29, 1.82) is 0 Å². The van der Waals surface area contributed by atoms with Gasteiger partial charge in [-0.1, -0.05) is 0 Å². The van der Waals surface area contributed by atoms with Crippen molar-refractivity contribution in [2.45, 2.75) is 39.3 Å². The molecule has 0 spiro atoms. The van der Waals surface area contributed by atoms with E-state index in [0.29, 0.717) is 6.04 Å². The summed E-state index contributed by atoms with van der Waals surface area (Å²) in [5, 5.41) is 3.29. The first-order chi connectivity index (χ1) is 7.13. The number of aryl methyl sites for hydroxylation is 1. The van der Waals surface area contributed by atoms with Gasteiger partial charge in [0.2, 0.25) is 0 Å². The lowest BCUT2D eigenvalue weighted by Gasteiger charge is -2.23. The maximum atomic E-state index is 5.50. The third-order valence-corrected chi connectivity index (χ3v) is 3.48. The molecule has 3 nitrogen and oxygen atoms in total. The molecule has 1 heterocycles. The Labute approximate surface area is 96.3 Å². The van der Waals surface area contributed by atoms with Crippen molar-refractivity contribution in [2.75, 3.05) is 13.6 Å². The average Bonchev–Trinajstić information content (AvgIpc) is 2.60. The molecule has 2 N–H and O–H groups in total. The Bertz CT molecular complexity index is 285. The first-order valence-electron chi connectivity index (χ1n) is 5.44. The van der Waals surface area contributed by atoms with Gasteiger partial charge < -0.3 is 5.73 Å². The SMILES string of the molecule is Cc1nc(CN(C)C(C)CCCN)cs1. The minimum atomic E-state index is 0.579. The molecule has 0 radical (unpaired) electrons. The summed E-state index contributed by atoms with van der Waals surface area (Å²) in [6.45, 7) is 6.02. The molecule has 1 aromatic heterocycles. The van der Waals surface area contributed by atoms with Crippen LogP contribution in [0.2, 0.25) is 0 Å². The monoisotopic (exact) mass is 227 g/mol. The van der Waals surface area contributed by atoms with Crippen molar-refractivity contribution in [1.82, 2.24) is 9.88 Å². The molecule has 0 aliphatic heterocycles. The summed E-state index contributed by atoms with van der Waals surface area (Å²) >= 11 is 1.72. The fraction of sp³-hybridized carbons (Fsp3) is 0.727. The first kappa shape index (κ1) is 12.6. The fourth-order valence-corrected chi connectivity index (χ4v) is 2.13. The molecule has 0 fully saturated rings. The lowest BCUT2D eigenvalue weighted by Crippen LogP contribution is -2.29. The van der Waals surface area contributed by atoms with Crippen LogP contribution in [-0.4, -0.2) is 29.5 Å². The molecule has 4 heteroatoms. The van der Waals surface area contributed by atoms with Crippen LogP contribution in [0.25, 0.3) is 0 Å². The van der Waals surface area contributed by atoms with Crippen LogP contribution in [0.3, 0.4) is 0 Å². The Kier molecular flexibility index (Phi) is 5.22. The average molecular weight is 227 g/mol. The number of hydrogen-bond donors (Lipinski definition) is 1. The van der Waals surface area contributed by atoms with Crippen LogP contribution in [-0.2, 0) is 6.54 Å². The molecule has 0 bridgehead atoms. The summed E-state index contributed by atoms with van der Waals surface area (Å²) in [6.07, 6.45) is 2.26. The molecule has 0 aromatic carbocycles. The molecule has 1 atom stereocenters. The van der Waals surface area contributed by atoms with Crippen LogP contribution in [0.5, 0.6) is 0 Å². The lowest BCUT2D eigenvalue weighted by molar-refractivity contribution is 0.233. The molecule has 1 rings (SSSR count). The number of rotatable bonds is 6. The number of thiazole rings is 1. The van der Waals surface area contributed by atoms with Crippen LogP contribution in [0.1, 0.15) is 30.5 Å². The van der Waals surface area contributed by atoms with E-state index in [1.54, 1.807) is 11.3 Å². The zero-order valence-electron chi connectivity index (χ0n) is 9.86. The van der Waals surface area contributed by atoms with Crippen molar-refractivity contribution in [3.8, 4) is 0 Å². The molecule has 0 amide bonds. The van der Waals surface area contributed by atoms with E-state index in [1.165, 1.54) is 5.69 Å².